The van der Waals surface area contributed by atoms with Gasteiger partial charge in [0.05, 0.1) is 7.11 Å². The van der Waals surface area contributed by atoms with Crippen LogP contribution in [0.3, 0.4) is 0 Å². The third-order valence-electron chi connectivity index (χ3n) is 4.67. The SMILES string of the molecule is COC(=O)C1c2ccsc2CCN1C(=O)c1cccc2ccccc12. The molecule has 1 aliphatic rings. The highest BCUT2D eigenvalue weighted by Crippen LogP contribution is 2.35. The van der Waals surface area contributed by atoms with Gasteiger partial charge in [-0.15, -0.1) is 11.3 Å². The van der Waals surface area contributed by atoms with E-state index in [2.05, 4.69) is 0 Å². The summed E-state index contributed by atoms with van der Waals surface area (Å²) < 4.78 is 4.99. The molecule has 0 N–H and O–H groups in total. The number of thiophene rings is 1. The zero-order chi connectivity index (χ0) is 17.4. The van der Waals surface area contributed by atoms with Crippen LogP contribution in [0.15, 0.2) is 53.9 Å². The molecule has 1 aromatic heterocycles. The third kappa shape index (κ3) is 2.61. The van der Waals surface area contributed by atoms with Crippen LogP contribution in [0.1, 0.15) is 26.8 Å². The quantitative estimate of drug-likeness (QED) is 0.660. The molecule has 3 aromatic rings. The summed E-state index contributed by atoms with van der Waals surface area (Å²) in [5.74, 6) is -0.531. The molecule has 1 amide bonds. The Bertz CT molecular complexity index is 957. The van der Waals surface area contributed by atoms with Gasteiger partial charge in [0.25, 0.3) is 5.91 Å². The molecule has 2 heterocycles. The van der Waals surface area contributed by atoms with Crippen LogP contribution in [0.25, 0.3) is 10.8 Å². The van der Waals surface area contributed by atoms with Gasteiger partial charge in [0, 0.05) is 17.0 Å². The molecule has 0 bridgehead atoms. The summed E-state index contributed by atoms with van der Waals surface area (Å²) in [6, 6.07) is 14.7. The van der Waals surface area contributed by atoms with Crippen molar-refractivity contribution in [2.24, 2.45) is 0 Å². The summed E-state index contributed by atoms with van der Waals surface area (Å²) in [7, 11) is 1.36. The molecule has 0 radical (unpaired) electrons. The first-order chi connectivity index (χ1) is 12.2. The van der Waals surface area contributed by atoms with Crippen LogP contribution in [0, 0.1) is 0 Å². The summed E-state index contributed by atoms with van der Waals surface area (Å²) in [4.78, 5) is 28.5. The summed E-state index contributed by atoms with van der Waals surface area (Å²) in [5.41, 5.74) is 1.50. The number of hydrogen-bond acceptors (Lipinski definition) is 4. The second-order valence-electron chi connectivity index (χ2n) is 6.00. The van der Waals surface area contributed by atoms with E-state index < -0.39 is 12.0 Å². The molecular formula is C20H17NO3S. The first-order valence-corrected chi connectivity index (χ1v) is 9.01. The Balaban J connectivity index is 1.79. The largest absolute Gasteiger partial charge is 0.467 e. The minimum Gasteiger partial charge on any atom is -0.467 e. The Labute approximate surface area is 149 Å². The standard InChI is InChI=1S/C20H17NO3S/c1-24-20(23)18-16-10-12-25-17(16)9-11-21(18)19(22)15-8-4-6-13-5-2-3-7-14(13)15/h2-8,10,12,18H,9,11H2,1H3. The Morgan fingerprint density at radius 2 is 1.92 bits per heavy atom. The number of hydrogen-bond donors (Lipinski definition) is 0. The summed E-state index contributed by atoms with van der Waals surface area (Å²) in [6.45, 7) is 0.509. The molecule has 5 heteroatoms. The van der Waals surface area contributed by atoms with Crippen molar-refractivity contribution >= 4 is 34.0 Å². The van der Waals surface area contributed by atoms with E-state index in [0.29, 0.717) is 12.1 Å². The van der Waals surface area contributed by atoms with Gasteiger partial charge in [-0.25, -0.2) is 4.79 Å². The average Bonchev–Trinajstić information content (AvgIpc) is 3.14. The van der Waals surface area contributed by atoms with Crippen LogP contribution in [-0.4, -0.2) is 30.4 Å². The number of methoxy groups -OCH3 is 1. The Kier molecular flexibility index (Phi) is 4.01. The highest BCUT2D eigenvalue weighted by molar-refractivity contribution is 7.10. The molecule has 1 unspecified atom stereocenters. The normalized spacial score (nSPS) is 16.5. The minimum absolute atomic E-state index is 0.135. The van der Waals surface area contributed by atoms with Crippen LogP contribution in [0.4, 0.5) is 0 Å². The summed E-state index contributed by atoms with van der Waals surface area (Å²) >= 11 is 1.62. The lowest BCUT2D eigenvalue weighted by Crippen LogP contribution is -2.43. The van der Waals surface area contributed by atoms with E-state index in [0.717, 1.165) is 27.6 Å². The first-order valence-electron chi connectivity index (χ1n) is 8.13. The van der Waals surface area contributed by atoms with Gasteiger partial charge in [-0.05, 0) is 40.3 Å². The fourth-order valence-electron chi connectivity index (χ4n) is 3.47. The molecule has 2 aromatic carbocycles. The number of ether oxygens (including phenoxy) is 1. The molecule has 126 valence electrons. The van der Waals surface area contributed by atoms with E-state index in [1.54, 1.807) is 16.2 Å². The maximum absolute atomic E-state index is 13.3. The van der Waals surface area contributed by atoms with Gasteiger partial charge < -0.3 is 9.64 Å². The van der Waals surface area contributed by atoms with Gasteiger partial charge in [0.2, 0.25) is 0 Å². The van der Waals surface area contributed by atoms with E-state index in [4.69, 9.17) is 4.74 Å². The van der Waals surface area contributed by atoms with Gasteiger partial charge in [-0.2, -0.15) is 0 Å². The molecule has 0 saturated heterocycles. The van der Waals surface area contributed by atoms with Crippen molar-refractivity contribution in [3.05, 3.63) is 69.9 Å². The smallest absolute Gasteiger partial charge is 0.333 e. The predicted molar refractivity (Wildman–Crippen MR) is 97.8 cm³/mol. The van der Waals surface area contributed by atoms with Crippen molar-refractivity contribution < 1.29 is 14.3 Å². The van der Waals surface area contributed by atoms with Crippen LogP contribution < -0.4 is 0 Å². The van der Waals surface area contributed by atoms with E-state index in [1.807, 2.05) is 53.9 Å². The fourth-order valence-corrected chi connectivity index (χ4v) is 4.37. The van der Waals surface area contributed by atoms with E-state index in [9.17, 15) is 9.59 Å². The van der Waals surface area contributed by atoms with Crippen molar-refractivity contribution in [3.8, 4) is 0 Å². The van der Waals surface area contributed by atoms with E-state index in [-0.39, 0.29) is 5.91 Å². The Morgan fingerprint density at radius 1 is 1.12 bits per heavy atom. The molecule has 4 rings (SSSR count). The average molecular weight is 351 g/mol. The van der Waals surface area contributed by atoms with Crippen LogP contribution in [0.2, 0.25) is 0 Å². The molecule has 0 fully saturated rings. The second kappa shape index (κ2) is 6.33. The molecule has 4 nitrogen and oxygen atoms in total. The number of amides is 1. The number of fused-ring (bicyclic) bond motifs is 2. The van der Waals surface area contributed by atoms with Crippen molar-refractivity contribution in [2.75, 3.05) is 13.7 Å². The van der Waals surface area contributed by atoms with Gasteiger partial charge >= 0.3 is 5.97 Å². The molecule has 0 spiro atoms. The number of carbonyl (C=O) groups excluding carboxylic acids is 2. The predicted octanol–water partition coefficient (Wildman–Crippen LogP) is 3.81. The van der Waals surface area contributed by atoms with Crippen LogP contribution in [-0.2, 0) is 16.0 Å². The van der Waals surface area contributed by atoms with Crippen molar-refractivity contribution in [1.29, 1.82) is 0 Å². The van der Waals surface area contributed by atoms with Crippen LogP contribution in [0.5, 0.6) is 0 Å². The topological polar surface area (TPSA) is 46.6 Å². The Morgan fingerprint density at radius 3 is 2.76 bits per heavy atom. The second-order valence-corrected chi connectivity index (χ2v) is 7.00. The van der Waals surface area contributed by atoms with Crippen molar-refractivity contribution in [1.82, 2.24) is 4.90 Å². The molecule has 25 heavy (non-hydrogen) atoms. The van der Waals surface area contributed by atoms with Gasteiger partial charge in [-0.3, -0.25) is 4.79 Å². The lowest BCUT2D eigenvalue weighted by atomic mass is 9.97. The van der Waals surface area contributed by atoms with E-state index >= 15 is 0 Å². The number of esters is 1. The number of nitrogens with zero attached hydrogens (tertiary/aromatic N) is 1. The molecule has 0 saturated carbocycles. The van der Waals surface area contributed by atoms with Crippen LogP contribution >= 0.6 is 11.3 Å². The third-order valence-corrected chi connectivity index (χ3v) is 5.67. The van der Waals surface area contributed by atoms with Crippen molar-refractivity contribution in [3.63, 3.8) is 0 Å². The van der Waals surface area contributed by atoms with Crippen molar-refractivity contribution in [2.45, 2.75) is 12.5 Å². The zero-order valence-electron chi connectivity index (χ0n) is 13.8. The molecule has 1 atom stereocenters. The number of carbonyl (C=O) groups is 2. The first kappa shape index (κ1) is 15.8. The summed E-state index contributed by atoms with van der Waals surface area (Å²) in [6.07, 6.45) is 0.761. The lowest BCUT2D eigenvalue weighted by Gasteiger charge is -2.34. The number of benzene rings is 2. The molecule has 0 aliphatic carbocycles. The van der Waals surface area contributed by atoms with Gasteiger partial charge in [-0.1, -0.05) is 36.4 Å². The Hall–Kier alpha value is -2.66. The minimum atomic E-state index is -0.675. The van der Waals surface area contributed by atoms with E-state index in [1.165, 1.54) is 7.11 Å². The zero-order valence-corrected chi connectivity index (χ0v) is 14.6. The lowest BCUT2D eigenvalue weighted by molar-refractivity contribution is -0.146. The highest BCUT2D eigenvalue weighted by Gasteiger charge is 2.38. The van der Waals surface area contributed by atoms with Gasteiger partial charge in [0.1, 0.15) is 0 Å². The maximum atomic E-state index is 13.3. The maximum Gasteiger partial charge on any atom is 0.333 e. The molecular weight excluding hydrogens is 334 g/mol. The fraction of sp³-hybridized carbons (Fsp3) is 0.200. The molecule has 1 aliphatic heterocycles. The highest BCUT2D eigenvalue weighted by atomic mass is 32.1. The monoisotopic (exact) mass is 351 g/mol. The summed E-state index contributed by atoms with van der Waals surface area (Å²) in [5, 5.41) is 3.87. The number of rotatable bonds is 2. The van der Waals surface area contributed by atoms with Gasteiger partial charge in [0.15, 0.2) is 6.04 Å².